The van der Waals surface area contributed by atoms with Crippen molar-refractivity contribution in [2.45, 2.75) is 13.5 Å². The molecule has 0 fully saturated rings. The van der Waals surface area contributed by atoms with E-state index in [1.165, 1.54) is 18.3 Å². The summed E-state index contributed by atoms with van der Waals surface area (Å²) in [6.45, 7) is 1.75. The van der Waals surface area contributed by atoms with Gasteiger partial charge in [-0.05, 0) is 43.3 Å². The molecule has 0 atom stereocenters. The monoisotopic (exact) mass is 411 g/mol. The highest BCUT2D eigenvalue weighted by Crippen LogP contribution is 2.21. The van der Waals surface area contributed by atoms with Crippen LogP contribution in [0.25, 0.3) is 0 Å². The molecule has 2 N–H and O–H groups in total. The Kier molecular flexibility index (Phi) is 6.80. The van der Waals surface area contributed by atoms with E-state index < -0.39 is 0 Å². The van der Waals surface area contributed by atoms with Gasteiger partial charge in [0.2, 0.25) is 0 Å². The van der Waals surface area contributed by atoms with Crippen molar-refractivity contribution in [1.29, 1.82) is 0 Å². The number of Topliss-reactive ketones (excluding diaryl/α,β-unsaturated/α-hetero) is 1. The van der Waals surface area contributed by atoms with Crippen molar-refractivity contribution in [1.82, 2.24) is 10.3 Å². The van der Waals surface area contributed by atoms with E-state index in [0.29, 0.717) is 28.7 Å². The molecule has 150 valence electrons. The van der Waals surface area contributed by atoms with Gasteiger partial charge in [0.1, 0.15) is 11.5 Å². The van der Waals surface area contributed by atoms with Crippen molar-refractivity contribution in [3.05, 3.63) is 65.2 Å². The summed E-state index contributed by atoms with van der Waals surface area (Å²) in [5.41, 5.74) is 2.24. The van der Waals surface area contributed by atoms with E-state index in [-0.39, 0.29) is 18.3 Å². The second-order valence-electron chi connectivity index (χ2n) is 6.15. The molecule has 7 nitrogen and oxygen atoms in total. The molecule has 0 aliphatic rings. The van der Waals surface area contributed by atoms with Crippen LogP contribution in [0, 0.1) is 0 Å². The lowest BCUT2D eigenvalue weighted by atomic mass is 10.1. The average molecular weight is 411 g/mol. The Hall–Kier alpha value is -3.39. The Labute approximate surface area is 172 Å². The van der Waals surface area contributed by atoms with E-state index in [2.05, 4.69) is 15.6 Å². The van der Waals surface area contributed by atoms with Gasteiger partial charge in [-0.25, -0.2) is 4.98 Å². The molecule has 0 aliphatic carbocycles. The van der Waals surface area contributed by atoms with Crippen LogP contribution in [0.15, 0.2) is 53.9 Å². The number of ketones is 1. The summed E-state index contributed by atoms with van der Waals surface area (Å²) in [6, 6.07) is 14.3. The van der Waals surface area contributed by atoms with Crippen LogP contribution in [0.3, 0.4) is 0 Å². The molecule has 0 aliphatic heterocycles. The van der Waals surface area contributed by atoms with Crippen molar-refractivity contribution in [3.63, 3.8) is 0 Å². The smallest absolute Gasteiger partial charge is 0.258 e. The fourth-order valence-corrected chi connectivity index (χ4v) is 3.17. The number of ether oxygens (including phenoxy) is 2. The number of carbonyl (C=O) groups excluding carboxylic acids is 2. The van der Waals surface area contributed by atoms with Crippen LogP contribution in [-0.2, 0) is 11.3 Å². The van der Waals surface area contributed by atoms with Crippen LogP contribution < -0.4 is 20.1 Å². The fourth-order valence-electron chi connectivity index (χ4n) is 2.44. The SMILES string of the molecule is COc1cccc(OCC(=O)NCc2csc(Nc3ccc(C(C)=O)cc3)n2)c1. The molecule has 29 heavy (non-hydrogen) atoms. The van der Waals surface area contributed by atoms with Crippen molar-refractivity contribution < 1.29 is 19.1 Å². The molecule has 0 unspecified atom stereocenters. The zero-order valence-corrected chi connectivity index (χ0v) is 16.9. The van der Waals surface area contributed by atoms with Crippen molar-refractivity contribution >= 4 is 33.8 Å². The Balaban J connectivity index is 1.45. The summed E-state index contributed by atoms with van der Waals surface area (Å²) < 4.78 is 10.6. The zero-order chi connectivity index (χ0) is 20.6. The summed E-state index contributed by atoms with van der Waals surface area (Å²) >= 11 is 1.44. The highest BCUT2D eigenvalue weighted by molar-refractivity contribution is 7.13. The van der Waals surface area contributed by atoms with E-state index in [1.807, 2.05) is 17.5 Å². The predicted octanol–water partition coefficient (Wildman–Crippen LogP) is 3.79. The third kappa shape index (κ3) is 6.05. The van der Waals surface area contributed by atoms with Gasteiger partial charge in [-0.2, -0.15) is 0 Å². The zero-order valence-electron chi connectivity index (χ0n) is 16.1. The second-order valence-corrected chi connectivity index (χ2v) is 7.01. The van der Waals surface area contributed by atoms with Gasteiger partial charge in [-0.1, -0.05) is 6.07 Å². The van der Waals surface area contributed by atoms with E-state index >= 15 is 0 Å². The number of benzene rings is 2. The molecule has 3 aromatic rings. The fraction of sp³-hybridized carbons (Fsp3) is 0.190. The maximum atomic E-state index is 12.0. The minimum Gasteiger partial charge on any atom is -0.497 e. The average Bonchev–Trinajstić information content (AvgIpc) is 3.18. The molecule has 0 bridgehead atoms. The molecule has 1 heterocycles. The lowest BCUT2D eigenvalue weighted by Gasteiger charge is -2.08. The Bertz CT molecular complexity index is 986. The lowest BCUT2D eigenvalue weighted by Crippen LogP contribution is -2.28. The summed E-state index contributed by atoms with van der Waals surface area (Å²) in [5, 5.41) is 8.54. The number of rotatable bonds is 9. The largest absolute Gasteiger partial charge is 0.497 e. The first-order valence-corrected chi connectivity index (χ1v) is 9.77. The maximum Gasteiger partial charge on any atom is 0.258 e. The second kappa shape index (κ2) is 9.70. The summed E-state index contributed by atoms with van der Waals surface area (Å²) in [6.07, 6.45) is 0. The minimum absolute atomic E-state index is 0.0270. The Morgan fingerprint density at radius 3 is 2.59 bits per heavy atom. The number of hydrogen-bond acceptors (Lipinski definition) is 7. The third-order valence-corrected chi connectivity index (χ3v) is 4.78. The molecular weight excluding hydrogens is 390 g/mol. The molecule has 1 aromatic heterocycles. The third-order valence-electron chi connectivity index (χ3n) is 3.97. The van der Waals surface area contributed by atoms with Gasteiger partial charge < -0.3 is 20.1 Å². The predicted molar refractivity (Wildman–Crippen MR) is 112 cm³/mol. The molecule has 0 saturated carbocycles. The van der Waals surface area contributed by atoms with E-state index in [4.69, 9.17) is 9.47 Å². The van der Waals surface area contributed by atoms with Crippen LogP contribution in [0.2, 0.25) is 0 Å². The van der Waals surface area contributed by atoms with E-state index in [1.54, 1.807) is 43.5 Å². The van der Waals surface area contributed by atoms with Gasteiger partial charge in [0.25, 0.3) is 5.91 Å². The van der Waals surface area contributed by atoms with E-state index in [0.717, 1.165) is 11.4 Å². The van der Waals surface area contributed by atoms with Crippen LogP contribution in [0.5, 0.6) is 11.5 Å². The molecule has 0 saturated heterocycles. The minimum atomic E-state index is -0.241. The topological polar surface area (TPSA) is 89.5 Å². The van der Waals surface area contributed by atoms with Crippen LogP contribution >= 0.6 is 11.3 Å². The summed E-state index contributed by atoms with van der Waals surface area (Å²) in [4.78, 5) is 27.8. The molecule has 2 aromatic carbocycles. The number of anilines is 2. The van der Waals surface area contributed by atoms with Gasteiger partial charge in [0.15, 0.2) is 17.5 Å². The lowest BCUT2D eigenvalue weighted by molar-refractivity contribution is -0.123. The van der Waals surface area contributed by atoms with Crippen LogP contribution in [0.1, 0.15) is 23.0 Å². The Morgan fingerprint density at radius 1 is 1.10 bits per heavy atom. The van der Waals surface area contributed by atoms with Gasteiger partial charge in [0.05, 0.1) is 19.3 Å². The first-order chi connectivity index (χ1) is 14.0. The number of amides is 1. The van der Waals surface area contributed by atoms with Crippen molar-refractivity contribution in [2.75, 3.05) is 19.0 Å². The highest BCUT2D eigenvalue weighted by atomic mass is 32.1. The van der Waals surface area contributed by atoms with Crippen molar-refractivity contribution in [2.24, 2.45) is 0 Å². The van der Waals surface area contributed by atoms with Crippen LogP contribution in [0.4, 0.5) is 10.8 Å². The summed E-state index contributed by atoms with van der Waals surface area (Å²) in [7, 11) is 1.57. The number of thiazole rings is 1. The van der Waals surface area contributed by atoms with Gasteiger partial charge in [0, 0.05) is 22.7 Å². The van der Waals surface area contributed by atoms with Gasteiger partial charge in [-0.15, -0.1) is 11.3 Å². The molecule has 3 rings (SSSR count). The molecular formula is C21H21N3O4S. The number of hydrogen-bond donors (Lipinski definition) is 2. The number of carbonyl (C=O) groups is 2. The standard InChI is InChI=1S/C21H21N3O4S/c1-14(25)15-6-8-16(9-7-15)23-21-24-17(13-29-21)11-22-20(26)12-28-19-5-3-4-18(10-19)27-2/h3-10,13H,11-12H2,1-2H3,(H,22,26)(H,23,24). The summed E-state index contributed by atoms with van der Waals surface area (Å²) in [5.74, 6) is 1.02. The molecule has 0 radical (unpaired) electrons. The number of nitrogens with one attached hydrogen (secondary N) is 2. The normalized spacial score (nSPS) is 10.3. The molecule has 8 heteroatoms. The molecule has 1 amide bonds. The van der Waals surface area contributed by atoms with E-state index in [9.17, 15) is 9.59 Å². The highest BCUT2D eigenvalue weighted by Gasteiger charge is 2.07. The first-order valence-electron chi connectivity index (χ1n) is 8.89. The maximum absolute atomic E-state index is 12.0. The number of methoxy groups -OCH3 is 1. The van der Waals surface area contributed by atoms with Crippen molar-refractivity contribution in [3.8, 4) is 11.5 Å². The quantitative estimate of drug-likeness (QED) is 0.521. The first kappa shape index (κ1) is 20.3. The Morgan fingerprint density at radius 2 is 1.86 bits per heavy atom. The van der Waals surface area contributed by atoms with Crippen LogP contribution in [-0.4, -0.2) is 30.4 Å². The number of nitrogens with zero attached hydrogens (tertiary/aromatic N) is 1. The molecule has 0 spiro atoms. The van der Waals surface area contributed by atoms with Gasteiger partial charge in [-0.3, -0.25) is 9.59 Å². The number of aromatic nitrogens is 1. The van der Waals surface area contributed by atoms with Gasteiger partial charge >= 0.3 is 0 Å².